The van der Waals surface area contributed by atoms with Crippen molar-refractivity contribution in [2.24, 2.45) is 0 Å². The molecule has 2 radical (unpaired) electrons. The first-order chi connectivity index (χ1) is 6.85. The topological polar surface area (TPSA) is 79.2 Å². The lowest BCUT2D eigenvalue weighted by atomic mass is 9.79. The summed E-state index contributed by atoms with van der Waals surface area (Å²) in [4.78, 5) is 17.8. The van der Waals surface area contributed by atoms with Crippen LogP contribution in [-0.2, 0) is 21.1 Å². The predicted octanol–water partition coefficient (Wildman–Crippen LogP) is -0.733. The standard InChI is InChI=1S/C6H11BFO5PS/c7-3-2-12-4(1-9)6(5(3)8)13-14(10,11)15/h3-6,9H,1-2H2,(H2,10,11,15). The Morgan fingerprint density at radius 1 is 1.60 bits per heavy atom. The van der Waals surface area contributed by atoms with Gasteiger partial charge in [0.2, 0.25) is 0 Å². The van der Waals surface area contributed by atoms with Crippen molar-refractivity contribution >= 4 is 26.4 Å². The zero-order chi connectivity index (χ0) is 11.6. The Hall–Kier alpha value is 0.445. The molecule has 0 bridgehead atoms. The van der Waals surface area contributed by atoms with Gasteiger partial charge in [0.1, 0.15) is 18.4 Å². The minimum atomic E-state index is -4.00. The maximum Gasteiger partial charge on any atom is 0.322 e. The van der Waals surface area contributed by atoms with Gasteiger partial charge in [-0.2, -0.15) is 0 Å². The predicted molar refractivity (Wildman–Crippen MR) is 54.8 cm³/mol. The van der Waals surface area contributed by atoms with Crippen LogP contribution in [-0.4, -0.2) is 54.3 Å². The second-order valence-corrected chi connectivity index (χ2v) is 5.84. The van der Waals surface area contributed by atoms with Crippen LogP contribution in [0.1, 0.15) is 0 Å². The van der Waals surface area contributed by atoms with Gasteiger partial charge in [0.25, 0.3) is 0 Å². The third-order valence-corrected chi connectivity index (χ3v) is 2.81. The molecule has 5 nitrogen and oxygen atoms in total. The van der Waals surface area contributed by atoms with Gasteiger partial charge in [-0.15, -0.1) is 0 Å². The fourth-order valence-electron chi connectivity index (χ4n) is 1.31. The molecule has 0 spiro atoms. The molecule has 1 aliphatic rings. The number of hydrogen-bond acceptors (Lipinski definition) is 4. The van der Waals surface area contributed by atoms with Gasteiger partial charge in [-0.05, 0) is 17.6 Å². The number of alkyl halides is 1. The Morgan fingerprint density at radius 2 is 2.20 bits per heavy atom. The van der Waals surface area contributed by atoms with Crippen LogP contribution in [0, 0.1) is 0 Å². The Morgan fingerprint density at radius 3 is 2.67 bits per heavy atom. The third-order valence-electron chi connectivity index (χ3n) is 2.03. The summed E-state index contributed by atoms with van der Waals surface area (Å²) < 4.78 is 23.1. The molecule has 1 fully saturated rings. The van der Waals surface area contributed by atoms with E-state index in [1.54, 1.807) is 0 Å². The van der Waals surface area contributed by atoms with Gasteiger partial charge in [-0.1, -0.05) is 0 Å². The van der Waals surface area contributed by atoms with E-state index in [9.17, 15) is 4.39 Å². The molecule has 1 rings (SSSR count). The van der Waals surface area contributed by atoms with Gasteiger partial charge < -0.3 is 19.6 Å². The first-order valence-corrected chi connectivity index (χ1v) is 6.84. The van der Waals surface area contributed by atoms with Crippen LogP contribution in [0.5, 0.6) is 0 Å². The molecule has 0 amide bonds. The number of rotatable bonds is 3. The van der Waals surface area contributed by atoms with Crippen LogP contribution in [0.2, 0.25) is 5.82 Å². The molecule has 86 valence electrons. The lowest BCUT2D eigenvalue weighted by Gasteiger charge is -2.37. The lowest BCUT2D eigenvalue weighted by molar-refractivity contribution is -0.119. The highest BCUT2D eigenvalue weighted by atomic mass is 32.5. The molecule has 0 aliphatic carbocycles. The Kier molecular flexibility index (Phi) is 4.67. The van der Waals surface area contributed by atoms with Crippen LogP contribution in [0.15, 0.2) is 0 Å². The van der Waals surface area contributed by atoms with Crippen molar-refractivity contribution in [3.8, 4) is 0 Å². The van der Waals surface area contributed by atoms with Gasteiger partial charge >= 0.3 is 6.72 Å². The molecule has 15 heavy (non-hydrogen) atoms. The van der Waals surface area contributed by atoms with Gasteiger partial charge in [0, 0.05) is 6.61 Å². The monoisotopic (exact) mass is 256 g/mol. The normalized spacial score (nSPS) is 37.9. The third kappa shape index (κ3) is 3.74. The number of ether oxygens (including phenoxy) is 1. The molecule has 4 unspecified atom stereocenters. The summed E-state index contributed by atoms with van der Waals surface area (Å²) >= 11 is 4.21. The molecule has 1 saturated heterocycles. The number of aliphatic hydroxyl groups is 1. The molecule has 0 aromatic heterocycles. The van der Waals surface area contributed by atoms with Crippen LogP contribution < -0.4 is 0 Å². The van der Waals surface area contributed by atoms with Crippen molar-refractivity contribution < 1.29 is 28.5 Å². The Bertz CT molecular complexity index is 262. The van der Waals surface area contributed by atoms with E-state index >= 15 is 0 Å². The van der Waals surface area contributed by atoms with Crippen molar-refractivity contribution in [2.75, 3.05) is 13.2 Å². The Balaban J connectivity index is 2.73. The van der Waals surface area contributed by atoms with Crippen molar-refractivity contribution in [1.82, 2.24) is 0 Å². The molecule has 0 saturated carbocycles. The quantitative estimate of drug-likeness (QED) is 0.456. The van der Waals surface area contributed by atoms with E-state index in [0.29, 0.717) is 0 Å². The molecular weight excluding hydrogens is 245 g/mol. The summed E-state index contributed by atoms with van der Waals surface area (Å²) in [6, 6.07) is 0. The molecule has 3 N–H and O–H groups in total. The van der Waals surface area contributed by atoms with E-state index in [-0.39, 0.29) is 6.61 Å². The van der Waals surface area contributed by atoms with Gasteiger partial charge in [-0.3, -0.25) is 4.52 Å². The maximum atomic E-state index is 13.5. The lowest BCUT2D eigenvalue weighted by Crippen LogP contribution is -2.48. The highest BCUT2D eigenvalue weighted by Gasteiger charge is 2.41. The van der Waals surface area contributed by atoms with Crippen LogP contribution in [0.25, 0.3) is 0 Å². The second-order valence-electron chi connectivity index (χ2n) is 3.22. The van der Waals surface area contributed by atoms with Gasteiger partial charge in [0.15, 0.2) is 0 Å². The number of halogens is 1. The molecule has 1 aliphatic heterocycles. The van der Waals surface area contributed by atoms with Crippen molar-refractivity contribution in [3.05, 3.63) is 0 Å². The number of aliphatic hydroxyl groups excluding tert-OH is 1. The highest BCUT2D eigenvalue weighted by Crippen LogP contribution is 2.42. The summed E-state index contributed by atoms with van der Waals surface area (Å²) in [5, 5.41) is 8.86. The van der Waals surface area contributed by atoms with Gasteiger partial charge in [-0.25, -0.2) is 4.39 Å². The first kappa shape index (κ1) is 13.5. The molecule has 0 aromatic carbocycles. The van der Waals surface area contributed by atoms with Crippen LogP contribution in [0.4, 0.5) is 4.39 Å². The minimum Gasteiger partial charge on any atom is -0.394 e. The highest BCUT2D eigenvalue weighted by molar-refractivity contribution is 8.06. The summed E-state index contributed by atoms with van der Waals surface area (Å²) in [6.07, 6.45) is -3.99. The fourth-order valence-corrected chi connectivity index (χ4v) is 2.18. The van der Waals surface area contributed by atoms with E-state index in [2.05, 4.69) is 16.3 Å². The molecule has 1 heterocycles. The van der Waals surface area contributed by atoms with Crippen molar-refractivity contribution in [2.45, 2.75) is 24.2 Å². The SMILES string of the molecule is [B]C1COC(CO)C(OP(O)(O)=S)C1F. The fraction of sp³-hybridized carbons (Fsp3) is 1.00. The molecular formula is C6H11BFO5PS. The van der Waals surface area contributed by atoms with E-state index in [1.165, 1.54) is 0 Å². The minimum absolute atomic E-state index is 0.0635. The van der Waals surface area contributed by atoms with E-state index in [4.69, 9.17) is 27.5 Å². The van der Waals surface area contributed by atoms with Crippen molar-refractivity contribution in [3.63, 3.8) is 0 Å². The summed E-state index contributed by atoms with van der Waals surface area (Å²) in [7, 11) is 5.36. The Labute approximate surface area is 92.9 Å². The van der Waals surface area contributed by atoms with Crippen LogP contribution >= 0.6 is 6.72 Å². The second kappa shape index (κ2) is 5.18. The van der Waals surface area contributed by atoms with E-state index in [1.807, 2.05) is 0 Å². The van der Waals surface area contributed by atoms with E-state index in [0.717, 1.165) is 0 Å². The summed E-state index contributed by atoms with van der Waals surface area (Å²) in [5.41, 5.74) is 0. The molecule has 9 heteroatoms. The summed E-state index contributed by atoms with van der Waals surface area (Å²) in [5.74, 6) is -0.931. The van der Waals surface area contributed by atoms with E-state index < -0.39 is 37.5 Å². The smallest absolute Gasteiger partial charge is 0.322 e. The molecule has 4 atom stereocenters. The number of hydrogen-bond donors (Lipinski definition) is 3. The average Bonchev–Trinajstić information content (AvgIpc) is 2.11. The zero-order valence-electron chi connectivity index (χ0n) is 7.69. The molecule has 0 aromatic rings. The largest absolute Gasteiger partial charge is 0.394 e. The van der Waals surface area contributed by atoms with Gasteiger partial charge in [0.05, 0.1) is 14.5 Å². The zero-order valence-corrected chi connectivity index (χ0v) is 9.40. The van der Waals surface area contributed by atoms with Crippen LogP contribution in [0.3, 0.4) is 0 Å². The van der Waals surface area contributed by atoms with Crippen molar-refractivity contribution in [1.29, 1.82) is 0 Å². The maximum absolute atomic E-state index is 13.5. The first-order valence-electron chi connectivity index (χ1n) is 4.21. The summed E-state index contributed by atoms with van der Waals surface area (Å²) in [6.45, 7) is -4.57. The average molecular weight is 256 g/mol.